The van der Waals surface area contributed by atoms with E-state index in [1.54, 1.807) is 43.9 Å². The van der Waals surface area contributed by atoms with Gasteiger partial charge in [0.2, 0.25) is 0 Å². The monoisotopic (exact) mass is 365 g/mol. The van der Waals surface area contributed by atoms with Crippen molar-refractivity contribution in [2.75, 3.05) is 0 Å². The Balaban J connectivity index is 1.89. The number of hydrogen-bond acceptors (Lipinski definition) is 2. The number of nitrogens with zero attached hydrogens (tertiary/aromatic N) is 1. The van der Waals surface area contributed by atoms with E-state index in [1.807, 2.05) is 0 Å². The third kappa shape index (κ3) is 3.61. The second-order valence-corrected chi connectivity index (χ2v) is 7.42. The van der Waals surface area contributed by atoms with Crippen molar-refractivity contribution in [3.8, 4) is 11.1 Å². The molecule has 3 nitrogen and oxygen atoms in total. The highest BCUT2D eigenvalue weighted by atomic mass is 35.5. The van der Waals surface area contributed by atoms with Gasteiger partial charge in [-0.1, -0.05) is 23.7 Å². The number of amides is 1. The first-order valence-corrected chi connectivity index (χ1v) is 8.27. The average Bonchev–Trinajstić information content (AvgIpc) is 2.93. The smallest absolute Gasteiger partial charge is 0.410 e. The van der Waals surface area contributed by atoms with E-state index < -0.39 is 23.3 Å². The van der Waals surface area contributed by atoms with Gasteiger partial charge in [-0.05, 0) is 55.7 Å². The fourth-order valence-corrected chi connectivity index (χ4v) is 3.06. The summed E-state index contributed by atoms with van der Waals surface area (Å²) in [6.45, 7) is 6.19. The summed E-state index contributed by atoms with van der Waals surface area (Å²) in [5, 5.41) is -0.248. The molecule has 2 aromatic carbocycles. The van der Waals surface area contributed by atoms with E-state index in [9.17, 15) is 13.6 Å². The van der Waals surface area contributed by atoms with Crippen molar-refractivity contribution in [3.63, 3.8) is 0 Å². The van der Waals surface area contributed by atoms with Gasteiger partial charge in [0.05, 0.1) is 5.02 Å². The van der Waals surface area contributed by atoms with Gasteiger partial charge < -0.3 is 4.74 Å². The normalized spacial score (nSPS) is 13.8. The zero-order valence-corrected chi connectivity index (χ0v) is 15.0. The zero-order chi connectivity index (χ0) is 18.4. The van der Waals surface area contributed by atoms with E-state index in [4.69, 9.17) is 16.3 Å². The van der Waals surface area contributed by atoms with Gasteiger partial charge in [-0.2, -0.15) is 0 Å². The Morgan fingerprint density at radius 2 is 1.72 bits per heavy atom. The lowest BCUT2D eigenvalue weighted by Crippen LogP contribution is -2.33. The lowest BCUT2D eigenvalue weighted by molar-refractivity contribution is 0.0242. The highest BCUT2D eigenvalue weighted by Gasteiger charge is 2.28. The first-order chi connectivity index (χ1) is 11.7. The molecule has 0 bridgehead atoms. The summed E-state index contributed by atoms with van der Waals surface area (Å²) in [7, 11) is 0. The number of hydrogen-bond donors (Lipinski definition) is 0. The SMILES string of the molecule is CC(C)(C)OC(=O)N1Cc2ccc(-c3c(F)ccc(F)c3Cl)cc2C1. The van der Waals surface area contributed by atoms with Gasteiger partial charge in [0.25, 0.3) is 0 Å². The van der Waals surface area contributed by atoms with Gasteiger partial charge in [0, 0.05) is 18.7 Å². The highest BCUT2D eigenvalue weighted by molar-refractivity contribution is 6.33. The molecule has 3 rings (SSSR count). The summed E-state index contributed by atoms with van der Waals surface area (Å²) in [5.74, 6) is -1.26. The van der Waals surface area contributed by atoms with Crippen LogP contribution in [0.15, 0.2) is 30.3 Å². The van der Waals surface area contributed by atoms with Crippen molar-refractivity contribution in [2.45, 2.75) is 39.5 Å². The fourth-order valence-electron chi connectivity index (χ4n) is 2.80. The molecular formula is C19H18ClF2NO2. The third-order valence-electron chi connectivity index (χ3n) is 3.91. The Labute approximate surface area is 150 Å². The third-order valence-corrected chi connectivity index (χ3v) is 4.28. The van der Waals surface area contributed by atoms with Crippen molar-refractivity contribution in [2.24, 2.45) is 0 Å². The van der Waals surface area contributed by atoms with Crippen LogP contribution in [-0.2, 0) is 17.8 Å². The molecule has 1 amide bonds. The summed E-state index contributed by atoms with van der Waals surface area (Å²) in [6, 6.07) is 7.27. The Bertz CT molecular complexity index is 846. The van der Waals surface area contributed by atoms with Gasteiger partial charge in [0.15, 0.2) is 0 Å². The van der Waals surface area contributed by atoms with Gasteiger partial charge in [-0.3, -0.25) is 4.90 Å². The Morgan fingerprint density at radius 1 is 1.08 bits per heavy atom. The minimum absolute atomic E-state index is 0.0279. The molecule has 6 heteroatoms. The number of halogens is 3. The van der Waals surface area contributed by atoms with Crippen LogP contribution in [0.5, 0.6) is 0 Å². The van der Waals surface area contributed by atoms with Gasteiger partial charge in [0.1, 0.15) is 17.2 Å². The topological polar surface area (TPSA) is 29.5 Å². The van der Waals surface area contributed by atoms with E-state index in [0.29, 0.717) is 18.7 Å². The minimum Gasteiger partial charge on any atom is -0.444 e. The molecule has 0 unspecified atom stereocenters. The van der Waals surface area contributed by atoms with E-state index >= 15 is 0 Å². The van der Waals surface area contributed by atoms with Crippen LogP contribution in [-0.4, -0.2) is 16.6 Å². The Hall–Kier alpha value is -2.14. The van der Waals surface area contributed by atoms with E-state index in [2.05, 4.69) is 0 Å². The van der Waals surface area contributed by atoms with Crippen LogP contribution >= 0.6 is 11.6 Å². The van der Waals surface area contributed by atoms with Crippen molar-refractivity contribution in [1.82, 2.24) is 4.90 Å². The van der Waals surface area contributed by atoms with Crippen molar-refractivity contribution in [1.29, 1.82) is 0 Å². The predicted octanol–water partition coefficient (Wildman–Crippen LogP) is 5.54. The molecule has 132 valence electrons. The molecule has 1 aliphatic heterocycles. The average molecular weight is 366 g/mol. The van der Waals surface area contributed by atoms with Crippen LogP contribution in [0.1, 0.15) is 31.9 Å². The summed E-state index contributed by atoms with van der Waals surface area (Å²) in [5.41, 5.74) is 1.74. The molecule has 1 heterocycles. The number of carbonyl (C=O) groups excluding carboxylic acids is 1. The van der Waals surface area contributed by atoms with Gasteiger partial charge >= 0.3 is 6.09 Å². The van der Waals surface area contributed by atoms with Crippen LogP contribution in [0.25, 0.3) is 11.1 Å². The summed E-state index contributed by atoms with van der Waals surface area (Å²) in [6.07, 6.45) is -0.403. The van der Waals surface area contributed by atoms with E-state index in [1.165, 1.54) is 0 Å². The van der Waals surface area contributed by atoms with Crippen molar-refractivity contribution in [3.05, 3.63) is 58.1 Å². The number of benzene rings is 2. The molecule has 0 N–H and O–H groups in total. The van der Waals surface area contributed by atoms with Crippen molar-refractivity contribution >= 4 is 17.7 Å². The van der Waals surface area contributed by atoms with E-state index in [-0.39, 0.29) is 10.6 Å². The van der Waals surface area contributed by atoms with Gasteiger partial charge in [-0.15, -0.1) is 0 Å². The van der Waals surface area contributed by atoms with Crippen LogP contribution in [0.2, 0.25) is 5.02 Å². The maximum atomic E-state index is 14.1. The number of rotatable bonds is 1. The molecule has 1 aliphatic rings. The number of ether oxygens (including phenoxy) is 1. The molecule has 0 fully saturated rings. The minimum atomic E-state index is -0.672. The first kappa shape index (κ1) is 17.7. The molecule has 25 heavy (non-hydrogen) atoms. The Kier molecular flexibility index (Phi) is 4.45. The lowest BCUT2D eigenvalue weighted by Gasteiger charge is -2.24. The van der Waals surface area contributed by atoms with Crippen LogP contribution in [0.3, 0.4) is 0 Å². The van der Waals surface area contributed by atoms with Crippen LogP contribution in [0, 0.1) is 11.6 Å². The molecule has 0 aromatic heterocycles. The maximum Gasteiger partial charge on any atom is 0.410 e. The second kappa shape index (κ2) is 6.30. The zero-order valence-electron chi connectivity index (χ0n) is 14.2. The number of fused-ring (bicyclic) bond motifs is 1. The predicted molar refractivity (Wildman–Crippen MR) is 92.3 cm³/mol. The molecule has 0 saturated heterocycles. The molecule has 0 spiro atoms. The summed E-state index contributed by atoms with van der Waals surface area (Å²) >= 11 is 5.94. The molecule has 0 atom stereocenters. The van der Waals surface area contributed by atoms with Crippen molar-refractivity contribution < 1.29 is 18.3 Å². The second-order valence-electron chi connectivity index (χ2n) is 7.04. The van der Waals surface area contributed by atoms with Crippen LogP contribution in [0.4, 0.5) is 13.6 Å². The van der Waals surface area contributed by atoms with E-state index in [0.717, 1.165) is 23.3 Å². The largest absolute Gasteiger partial charge is 0.444 e. The molecule has 0 aliphatic carbocycles. The Morgan fingerprint density at radius 3 is 2.40 bits per heavy atom. The highest BCUT2D eigenvalue weighted by Crippen LogP contribution is 2.35. The quantitative estimate of drug-likeness (QED) is 0.621. The maximum absolute atomic E-state index is 14.1. The molecule has 2 aromatic rings. The first-order valence-electron chi connectivity index (χ1n) is 7.89. The lowest BCUT2D eigenvalue weighted by atomic mass is 10.00. The molecular weight excluding hydrogens is 348 g/mol. The standard InChI is InChI=1S/C19H18ClF2NO2/c1-19(2,3)25-18(24)23-9-12-5-4-11(8-13(12)10-23)16-14(21)6-7-15(22)17(16)20/h4-8H,9-10H2,1-3H3. The number of carbonyl (C=O) groups is 1. The van der Waals surface area contributed by atoms with Crippen LogP contribution < -0.4 is 0 Å². The fraction of sp³-hybridized carbons (Fsp3) is 0.316. The summed E-state index contributed by atoms with van der Waals surface area (Å²) in [4.78, 5) is 13.8. The summed E-state index contributed by atoms with van der Waals surface area (Å²) < 4.78 is 33.2. The molecule has 0 saturated carbocycles. The molecule has 0 radical (unpaired) electrons. The van der Waals surface area contributed by atoms with Gasteiger partial charge in [-0.25, -0.2) is 13.6 Å².